The van der Waals surface area contributed by atoms with E-state index in [1.165, 1.54) is 6.07 Å². The molecule has 2 spiro atoms. The molecule has 4 saturated carbocycles. The fourth-order valence-electron chi connectivity index (χ4n) is 8.57. The van der Waals surface area contributed by atoms with Crippen molar-refractivity contribution in [3.05, 3.63) is 47.0 Å². The average molecular weight is 501 g/mol. The SMILES string of the molecule is C=C1C(=O)[C@]23[C@H](OC(=O)c4ccccc4Cl)[C@H]1CC[C@H]2[C@@]12COC3(O)[C@@H](O)[C@@H]1C(C)(C)CCC2=O. The highest BCUT2D eigenvalue weighted by Gasteiger charge is 2.88. The van der Waals surface area contributed by atoms with Crippen molar-refractivity contribution in [2.45, 2.75) is 57.5 Å². The molecule has 35 heavy (non-hydrogen) atoms. The average Bonchev–Trinajstić information content (AvgIpc) is 2.93. The number of ketones is 2. The van der Waals surface area contributed by atoms with Gasteiger partial charge in [-0.15, -0.1) is 0 Å². The summed E-state index contributed by atoms with van der Waals surface area (Å²) >= 11 is 6.23. The van der Waals surface area contributed by atoms with E-state index < -0.39 is 63.7 Å². The van der Waals surface area contributed by atoms with Crippen LogP contribution in [0.25, 0.3) is 0 Å². The van der Waals surface area contributed by atoms with Crippen LogP contribution < -0.4 is 0 Å². The molecule has 2 saturated heterocycles. The van der Waals surface area contributed by atoms with E-state index in [0.29, 0.717) is 25.7 Å². The van der Waals surface area contributed by atoms with Crippen LogP contribution in [0.15, 0.2) is 36.4 Å². The minimum Gasteiger partial charge on any atom is -0.457 e. The largest absolute Gasteiger partial charge is 0.457 e. The van der Waals surface area contributed by atoms with Gasteiger partial charge in [-0.25, -0.2) is 4.79 Å². The zero-order chi connectivity index (χ0) is 25.1. The van der Waals surface area contributed by atoms with Gasteiger partial charge in [-0.1, -0.05) is 44.2 Å². The second kappa shape index (κ2) is 7.03. The first-order chi connectivity index (χ1) is 16.4. The third-order valence-electron chi connectivity index (χ3n) is 9.95. The van der Waals surface area contributed by atoms with Crippen molar-refractivity contribution in [3.63, 3.8) is 0 Å². The molecule has 2 N–H and O–H groups in total. The number of aliphatic hydroxyl groups excluding tert-OH is 1. The zero-order valence-corrected chi connectivity index (χ0v) is 20.5. The molecule has 0 amide bonds. The highest BCUT2D eigenvalue weighted by molar-refractivity contribution is 6.33. The summed E-state index contributed by atoms with van der Waals surface area (Å²) in [7, 11) is 0. The molecule has 2 aliphatic heterocycles. The molecule has 7 rings (SSSR count). The smallest absolute Gasteiger partial charge is 0.339 e. The third-order valence-corrected chi connectivity index (χ3v) is 10.3. The Morgan fingerprint density at radius 3 is 2.66 bits per heavy atom. The molecule has 6 fully saturated rings. The Bertz CT molecular complexity index is 1190. The number of ether oxygens (including phenoxy) is 2. The van der Waals surface area contributed by atoms with Gasteiger partial charge in [-0.05, 0) is 48.3 Å². The van der Waals surface area contributed by atoms with E-state index in [0.717, 1.165) is 0 Å². The van der Waals surface area contributed by atoms with Gasteiger partial charge in [0.25, 0.3) is 0 Å². The normalized spacial score (nSPS) is 45.2. The van der Waals surface area contributed by atoms with Crippen molar-refractivity contribution in [3.8, 4) is 0 Å². The number of hydrogen-bond acceptors (Lipinski definition) is 7. The monoisotopic (exact) mass is 500 g/mol. The first kappa shape index (κ1) is 23.3. The van der Waals surface area contributed by atoms with Crippen molar-refractivity contribution in [1.29, 1.82) is 0 Å². The van der Waals surface area contributed by atoms with Crippen LogP contribution in [-0.4, -0.2) is 52.4 Å². The van der Waals surface area contributed by atoms with Crippen LogP contribution in [0.3, 0.4) is 0 Å². The lowest BCUT2D eigenvalue weighted by molar-refractivity contribution is -0.436. The second-order valence-corrected chi connectivity index (χ2v) is 12.0. The summed E-state index contributed by atoms with van der Waals surface area (Å²) in [5.74, 6) is -5.41. The lowest BCUT2D eigenvalue weighted by atomic mass is 9.36. The number of fused-ring (bicyclic) bond motifs is 2. The lowest BCUT2D eigenvalue weighted by Gasteiger charge is -2.72. The van der Waals surface area contributed by atoms with E-state index in [4.69, 9.17) is 21.1 Å². The van der Waals surface area contributed by atoms with E-state index in [1.54, 1.807) is 18.2 Å². The van der Waals surface area contributed by atoms with Gasteiger partial charge >= 0.3 is 5.97 Å². The summed E-state index contributed by atoms with van der Waals surface area (Å²) in [6.45, 7) is 7.90. The molecule has 0 aromatic heterocycles. The maximum Gasteiger partial charge on any atom is 0.339 e. The Hall–Kier alpha value is -2.06. The molecular weight excluding hydrogens is 472 g/mol. The van der Waals surface area contributed by atoms with Gasteiger partial charge in [-0.2, -0.15) is 0 Å². The minimum atomic E-state index is -2.32. The molecule has 6 aliphatic rings. The first-order valence-electron chi connectivity index (χ1n) is 12.2. The van der Waals surface area contributed by atoms with Crippen LogP contribution in [0.5, 0.6) is 0 Å². The van der Waals surface area contributed by atoms with E-state index in [-0.39, 0.29) is 28.5 Å². The summed E-state index contributed by atoms with van der Waals surface area (Å²) < 4.78 is 12.0. The highest BCUT2D eigenvalue weighted by atomic mass is 35.5. The molecule has 8 atom stereocenters. The van der Waals surface area contributed by atoms with Crippen LogP contribution in [0.4, 0.5) is 0 Å². The lowest BCUT2D eigenvalue weighted by Crippen LogP contribution is -2.85. The quantitative estimate of drug-likeness (QED) is 0.474. The number of rotatable bonds is 2. The highest BCUT2D eigenvalue weighted by Crippen LogP contribution is 2.76. The van der Waals surface area contributed by atoms with Crippen LogP contribution in [0.2, 0.25) is 5.02 Å². The predicted octanol–water partition coefficient (Wildman–Crippen LogP) is 3.10. The van der Waals surface area contributed by atoms with Crippen LogP contribution in [-0.2, 0) is 19.1 Å². The van der Waals surface area contributed by atoms with Gasteiger partial charge in [0.15, 0.2) is 5.78 Å². The molecule has 0 radical (unpaired) electrons. The van der Waals surface area contributed by atoms with Crippen molar-refractivity contribution in [1.82, 2.24) is 0 Å². The number of carbonyl (C=O) groups is 3. The van der Waals surface area contributed by atoms with E-state index >= 15 is 0 Å². The van der Waals surface area contributed by atoms with Crippen LogP contribution in [0, 0.1) is 34.0 Å². The number of carbonyl (C=O) groups excluding carboxylic acids is 3. The van der Waals surface area contributed by atoms with Gasteiger partial charge in [-0.3, -0.25) is 9.59 Å². The Balaban J connectivity index is 1.55. The van der Waals surface area contributed by atoms with Gasteiger partial charge < -0.3 is 19.7 Å². The molecule has 1 unspecified atom stereocenters. The van der Waals surface area contributed by atoms with Crippen LogP contribution >= 0.6 is 11.6 Å². The molecule has 8 heteroatoms. The third kappa shape index (κ3) is 2.46. The Morgan fingerprint density at radius 2 is 1.94 bits per heavy atom. The fourth-order valence-corrected chi connectivity index (χ4v) is 8.78. The van der Waals surface area contributed by atoms with Gasteiger partial charge in [0, 0.05) is 18.3 Å². The maximum atomic E-state index is 14.0. The van der Waals surface area contributed by atoms with E-state index in [9.17, 15) is 24.6 Å². The number of halogens is 1. The number of aliphatic hydroxyl groups is 2. The predicted molar refractivity (Wildman–Crippen MR) is 124 cm³/mol. The topological polar surface area (TPSA) is 110 Å². The van der Waals surface area contributed by atoms with E-state index in [1.807, 2.05) is 13.8 Å². The number of hydrogen-bond donors (Lipinski definition) is 2. The summed E-state index contributed by atoms with van der Waals surface area (Å²) in [5.41, 5.74) is -3.08. The Kier molecular flexibility index (Phi) is 4.69. The second-order valence-electron chi connectivity index (χ2n) is 11.6. The molecule has 1 aromatic rings. The molecule has 2 heterocycles. The first-order valence-corrected chi connectivity index (χ1v) is 12.6. The Labute approximate surface area is 208 Å². The molecule has 7 nitrogen and oxygen atoms in total. The summed E-state index contributed by atoms with van der Waals surface area (Å²) in [6, 6.07) is 6.43. The van der Waals surface area contributed by atoms with Gasteiger partial charge in [0.05, 0.1) is 22.6 Å². The summed E-state index contributed by atoms with van der Waals surface area (Å²) in [5, 5.41) is 24.0. The summed E-state index contributed by atoms with van der Waals surface area (Å²) in [4.78, 5) is 41.0. The summed E-state index contributed by atoms with van der Waals surface area (Å²) in [6.07, 6.45) is -0.840. The molecule has 4 bridgehead atoms. The van der Waals surface area contributed by atoms with Crippen LogP contribution in [0.1, 0.15) is 49.9 Å². The number of Topliss-reactive ketones (excluding diaryl/α,β-unsaturated/α-hetero) is 2. The molecule has 1 aromatic carbocycles. The van der Waals surface area contributed by atoms with Gasteiger partial charge in [0.2, 0.25) is 5.79 Å². The van der Waals surface area contributed by atoms with Crippen molar-refractivity contribution >= 4 is 29.1 Å². The van der Waals surface area contributed by atoms with Crippen molar-refractivity contribution in [2.75, 3.05) is 6.61 Å². The standard InChI is InChI=1S/C27H29ClO7/c1-13-14-8-9-17-25-12-34-27(33,21(31)19(25)24(2,3)11-10-18(25)29)26(17,20(13)30)22(14)35-23(32)15-6-4-5-7-16(15)28/h4-7,14,17,19,21-22,31,33H,1,8-12H2,2-3H3/t14-,17-,19+,21-,22+,25+,26-,27?/m0/s1. The zero-order valence-electron chi connectivity index (χ0n) is 19.8. The fraction of sp³-hybridized carbons (Fsp3) is 0.593. The van der Waals surface area contributed by atoms with Gasteiger partial charge in [0.1, 0.15) is 23.4 Å². The Morgan fingerprint density at radius 1 is 1.23 bits per heavy atom. The number of benzene rings is 1. The van der Waals surface area contributed by atoms with Crippen molar-refractivity contribution < 1.29 is 34.1 Å². The maximum absolute atomic E-state index is 14.0. The molecule has 4 aliphatic carbocycles. The molecule has 186 valence electrons. The van der Waals surface area contributed by atoms with E-state index in [2.05, 4.69) is 6.58 Å². The number of esters is 1. The van der Waals surface area contributed by atoms with Crippen molar-refractivity contribution in [2.24, 2.45) is 34.0 Å². The molecular formula is C27H29ClO7. The minimum absolute atomic E-state index is 0.0630.